The van der Waals surface area contributed by atoms with Crippen molar-refractivity contribution in [1.29, 1.82) is 0 Å². The summed E-state index contributed by atoms with van der Waals surface area (Å²) in [6.07, 6.45) is 3.72. The number of nitrogens with one attached hydrogen (secondary N) is 1. The van der Waals surface area contributed by atoms with Crippen molar-refractivity contribution < 1.29 is 23.9 Å². The van der Waals surface area contributed by atoms with E-state index in [0.717, 1.165) is 11.1 Å². The van der Waals surface area contributed by atoms with Crippen LogP contribution in [-0.2, 0) is 27.4 Å². The van der Waals surface area contributed by atoms with Crippen LogP contribution in [0.5, 0.6) is 11.5 Å². The van der Waals surface area contributed by atoms with Gasteiger partial charge < -0.3 is 24.6 Å². The summed E-state index contributed by atoms with van der Waals surface area (Å²) in [5.41, 5.74) is 2.24. The highest BCUT2D eigenvalue weighted by Crippen LogP contribution is 2.25. The van der Waals surface area contributed by atoms with Crippen molar-refractivity contribution in [3.63, 3.8) is 0 Å². The molecule has 1 aromatic heterocycles. The summed E-state index contributed by atoms with van der Waals surface area (Å²) in [4.78, 5) is 43.0. The molecular formula is C31H37N5O5. The van der Waals surface area contributed by atoms with Crippen LogP contribution >= 0.6 is 0 Å². The van der Waals surface area contributed by atoms with Gasteiger partial charge in [-0.3, -0.25) is 19.1 Å². The maximum Gasteiger partial charge on any atom is 0.257 e. The Balaban J connectivity index is 1.38. The fourth-order valence-electron chi connectivity index (χ4n) is 5.21. The van der Waals surface area contributed by atoms with Gasteiger partial charge in [-0.15, -0.1) is 0 Å². The normalized spacial score (nSPS) is 20.2. The van der Waals surface area contributed by atoms with Crippen LogP contribution in [0.15, 0.2) is 60.9 Å². The van der Waals surface area contributed by atoms with Gasteiger partial charge in [-0.25, -0.2) is 0 Å². The van der Waals surface area contributed by atoms with Crippen molar-refractivity contribution in [3.8, 4) is 11.5 Å². The minimum atomic E-state index is -0.445. The molecule has 4 bridgehead atoms. The van der Waals surface area contributed by atoms with Crippen LogP contribution in [0.2, 0.25) is 0 Å². The molecule has 3 heterocycles. The zero-order valence-corrected chi connectivity index (χ0v) is 23.8. The Labute approximate surface area is 240 Å². The van der Waals surface area contributed by atoms with E-state index in [1.54, 1.807) is 22.0 Å². The van der Waals surface area contributed by atoms with E-state index in [-0.39, 0.29) is 49.4 Å². The van der Waals surface area contributed by atoms with Gasteiger partial charge in [-0.05, 0) is 62.6 Å². The Morgan fingerprint density at radius 3 is 2.54 bits per heavy atom. The van der Waals surface area contributed by atoms with E-state index in [4.69, 9.17) is 9.47 Å². The molecule has 2 atom stereocenters. The molecule has 41 heavy (non-hydrogen) atoms. The van der Waals surface area contributed by atoms with Crippen LogP contribution in [0.25, 0.3) is 0 Å². The second-order valence-electron chi connectivity index (χ2n) is 10.8. The molecule has 3 aromatic rings. The lowest BCUT2D eigenvalue weighted by atomic mass is 10.0. The first-order valence-electron chi connectivity index (χ1n) is 14.2. The fraction of sp³-hybridized carbons (Fsp3) is 0.419. The second-order valence-corrected chi connectivity index (χ2v) is 10.8. The van der Waals surface area contributed by atoms with Crippen molar-refractivity contribution in [2.45, 2.75) is 58.4 Å². The van der Waals surface area contributed by atoms with E-state index >= 15 is 0 Å². The number of hydrogen-bond acceptors (Lipinski definition) is 6. The molecule has 10 heteroatoms. The Kier molecular flexibility index (Phi) is 8.68. The van der Waals surface area contributed by atoms with Gasteiger partial charge in [-0.1, -0.05) is 24.3 Å². The van der Waals surface area contributed by atoms with E-state index < -0.39 is 6.04 Å². The predicted octanol–water partition coefficient (Wildman–Crippen LogP) is 3.58. The first kappa shape index (κ1) is 28.4. The number of hydrogen-bond donors (Lipinski definition) is 1. The molecule has 5 rings (SSSR count). The van der Waals surface area contributed by atoms with Gasteiger partial charge >= 0.3 is 0 Å². The molecule has 10 nitrogen and oxygen atoms in total. The van der Waals surface area contributed by atoms with Gasteiger partial charge in [0.25, 0.3) is 5.91 Å². The predicted molar refractivity (Wildman–Crippen MR) is 153 cm³/mol. The maximum absolute atomic E-state index is 13.3. The van der Waals surface area contributed by atoms with Crippen LogP contribution in [0.3, 0.4) is 0 Å². The number of likely N-dealkylation sites (N-methyl/N-ethyl adjacent to an activating group) is 1. The van der Waals surface area contributed by atoms with Crippen LogP contribution in [-0.4, -0.2) is 75.6 Å². The molecule has 2 aromatic carbocycles. The van der Waals surface area contributed by atoms with E-state index in [1.165, 1.54) is 4.90 Å². The summed E-state index contributed by atoms with van der Waals surface area (Å²) >= 11 is 0. The van der Waals surface area contributed by atoms with Crippen molar-refractivity contribution in [2.24, 2.45) is 0 Å². The Morgan fingerprint density at radius 1 is 1.10 bits per heavy atom. The quantitative estimate of drug-likeness (QED) is 0.526. The number of nitrogens with zero attached hydrogens (tertiary/aromatic N) is 4. The van der Waals surface area contributed by atoms with Crippen molar-refractivity contribution in [3.05, 3.63) is 77.6 Å². The van der Waals surface area contributed by atoms with E-state index in [2.05, 4.69) is 10.4 Å². The number of carbonyl (C=O) groups is 3. The largest absolute Gasteiger partial charge is 0.457 e. The molecule has 1 N–H and O–H groups in total. The zero-order chi connectivity index (χ0) is 28.9. The van der Waals surface area contributed by atoms with Gasteiger partial charge in [0.15, 0.2) is 0 Å². The summed E-state index contributed by atoms with van der Waals surface area (Å²) in [6.45, 7) is 7.27. The molecule has 1 fully saturated rings. The lowest BCUT2D eigenvalue weighted by Gasteiger charge is -2.39. The number of likely N-dealkylation sites (tertiary alicyclic amines) is 1. The van der Waals surface area contributed by atoms with Gasteiger partial charge in [-0.2, -0.15) is 5.10 Å². The highest BCUT2D eigenvalue weighted by molar-refractivity contribution is 5.94. The number of rotatable bonds is 3. The SMILES string of the molecule is CCN1CC(=O)N[C@H]2CN(C(=O)c3cnn(C(C)C)c3)CC[C@@H]2OCc2cccc(c2)Oc2cccc(c2)CC1=O. The number of piperidine rings is 1. The smallest absolute Gasteiger partial charge is 0.257 e. The fourth-order valence-corrected chi connectivity index (χ4v) is 5.21. The molecule has 0 saturated carbocycles. The highest BCUT2D eigenvalue weighted by atomic mass is 16.5. The third-order valence-corrected chi connectivity index (χ3v) is 7.48. The molecule has 0 spiro atoms. The van der Waals surface area contributed by atoms with Crippen molar-refractivity contribution in [2.75, 3.05) is 26.2 Å². The van der Waals surface area contributed by atoms with Crippen LogP contribution in [0.4, 0.5) is 0 Å². The molecule has 0 unspecified atom stereocenters. The van der Waals surface area contributed by atoms with Gasteiger partial charge in [0.05, 0.1) is 43.5 Å². The molecular weight excluding hydrogens is 522 g/mol. The van der Waals surface area contributed by atoms with Gasteiger partial charge in [0.1, 0.15) is 11.5 Å². The Morgan fingerprint density at radius 2 is 1.83 bits per heavy atom. The Hall–Kier alpha value is -4.18. The number of ether oxygens (including phenoxy) is 2. The lowest BCUT2D eigenvalue weighted by Crippen LogP contribution is -2.58. The summed E-state index contributed by atoms with van der Waals surface area (Å²) in [5, 5.41) is 7.38. The van der Waals surface area contributed by atoms with E-state index in [9.17, 15) is 14.4 Å². The minimum Gasteiger partial charge on any atom is -0.457 e. The average molecular weight is 560 g/mol. The van der Waals surface area contributed by atoms with Crippen LogP contribution in [0, 0.1) is 0 Å². The Bertz CT molecular complexity index is 1400. The van der Waals surface area contributed by atoms with E-state index in [1.807, 2.05) is 69.3 Å². The third-order valence-electron chi connectivity index (χ3n) is 7.48. The molecule has 3 amide bonds. The molecule has 216 valence electrons. The first-order valence-corrected chi connectivity index (χ1v) is 14.2. The second kappa shape index (κ2) is 12.6. The number of benzene rings is 2. The summed E-state index contributed by atoms with van der Waals surface area (Å²) in [6, 6.07) is 14.8. The van der Waals surface area contributed by atoms with Crippen molar-refractivity contribution in [1.82, 2.24) is 24.9 Å². The average Bonchev–Trinajstić information content (AvgIpc) is 3.46. The minimum absolute atomic E-state index is 0.0787. The van der Waals surface area contributed by atoms with Crippen LogP contribution in [0.1, 0.15) is 54.7 Å². The number of carbonyl (C=O) groups excluding carboxylic acids is 3. The summed E-state index contributed by atoms with van der Waals surface area (Å²) in [7, 11) is 0. The standard InChI is InChI=1S/C31H37N5O5/c1-4-34-19-29(37)33-27-18-35(31(39)24-16-32-36(17-24)21(2)3)12-11-28(27)40-20-23-8-6-10-26(14-23)41-25-9-5-7-22(13-25)15-30(34)38/h5-10,13-14,16-17,21,27-28H,4,11-12,15,18-20H2,1-3H3,(H,33,37)/t27-,28-/m0/s1. The zero-order valence-electron chi connectivity index (χ0n) is 23.8. The summed E-state index contributed by atoms with van der Waals surface area (Å²) in [5.74, 6) is 0.728. The molecule has 1 saturated heterocycles. The maximum atomic E-state index is 13.3. The molecule has 2 aliphatic heterocycles. The van der Waals surface area contributed by atoms with Crippen LogP contribution < -0.4 is 10.1 Å². The lowest BCUT2D eigenvalue weighted by molar-refractivity contribution is -0.136. The van der Waals surface area contributed by atoms with Gasteiger partial charge in [0, 0.05) is 31.9 Å². The number of aromatic nitrogens is 2. The topological polar surface area (TPSA) is 106 Å². The van der Waals surface area contributed by atoms with Gasteiger partial charge in [0.2, 0.25) is 11.8 Å². The highest BCUT2D eigenvalue weighted by Gasteiger charge is 2.34. The van der Waals surface area contributed by atoms with Crippen molar-refractivity contribution >= 4 is 17.7 Å². The monoisotopic (exact) mass is 559 g/mol. The number of fused-ring (bicyclic) bond motifs is 5. The molecule has 0 aliphatic carbocycles. The van der Waals surface area contributed by atoms with E-state index in [0.29, 0.717) is 43.2 Å². The number of amides is 3. The first-order chi connectivity index (χ1) is 19.8. The summed E-state index contributed by atoms with van der Waals surface area (Å²) < 4.78 is 14.2. The third kappa shape index (κ3) is 6.94. The molecule has 2 aliphatic rings. The molecule has 0 radical (unpaired) electrons.